The largest absolute Gasteiger partial charge is 0.390 e. The molecule has 3 nitrogen and oxygen atoms in total. The molecular weight excluding hydrogens is 269 g/mol. The highest BCUT2D eigenvalue weighted by Gasteiger charge is 2.29. The first-order valence-corrected chi connectivity index (χ1v) is 6.56. The number of benzene rings is 1. The Hall–Kier alpha value is -1.72. The topological polar surface area (TPSA) is 32.3 Å². The first kappa shape index (κ1) is 14.7. The maximum absolute atomic E-state index is 12.3. The number of halogens is 3. The first-order valence-electron chi connectivity index (χ1n) is 6.56. The molecule has 1 aliphatic rings. The molecule has 0 spiro atoms. The van der Waals surface area contributed by atoms with Crippen LogP contribution in [0, 0.1) is 0 Å². The van der Waals surface area contributed by atoms with E-state index in [1.54, 1.807) is 12.1 Å². The molecule has 2 rings (SSSR count). The molecular formula is C14H17F3N2O. The summed E-state index contributed by atoms with van der Waals surface area (Å²) in [6.45, 7) is 0.536. The zero-order chi connectivity index (χ0) is 14.8. The van der Waals surface area contributed by atoms with E-state index >= 15 is 0 Å². The summed E-state index contributed by atoms with van der Waals surface area (Å²) in [6.07, 6.45) is -3.53. The predicted octanol–water partition coefficient (Wildman–Crippen LogP) is 3.07. The first-order chi connectivity index (χ1) is 9.38. The van der Waals surface area contributed by atoms with Crippen LogP contribution >= 0.6 is 0 Å². The molecule has 1 N–H and O–H groups in total. The molecule has 0 saturated heterocycles. The van der Waals surface area contributed by atoms with Crippen molar-refractivity contribution >= 4 is 11.6 Å². The summed E-state index contributed by atoms with van der Waals surface area (Å²) in [5, 5.41) is 3.20. The average Bonchev–Trinajstić information content (AvgIpc) is 2.42. The minimum atomic E-state index is -4.24. The van der Waals surface area contributed by atoms with E-state index in [1.807, 2.05) is 6.07 Å². The Kier molecular flexibility index (Phi) is 4.20. The average molecular weight is 286 g/mol. The summed E-state index contributed by atoms with van der Waals surface area (Å²) in [5.41, 5.74) is 2.31. The Bertz CT molecular complexity index is 500. The predicted molar refractivity (Wildman–Crippen MR) is 70.9 cm³/mol. The summed E-state index contributed by atoms with van der Waals surface area (Å²) in [4.78, 5) is 13.4. The number of fused-ring (bicyclic) bond motifs is 1. The molecule has 1 amide bonds. The van der Waals surface area contributed by atoms with Crippen molar-refractivity contribution in [1.82, 2.24) is 4.90 Å². The second kappa shape index (κ2) is 5.73. The molecule has 0 aliphatic carbocycles. The lowest BCUT2D eigenvalue weighted by atomic mass is 9.97. The summed E-state index contributed by atoms with van der Waals surface area (Å²) < 4.78 is 36.6. The number of carbonyl (C=O) groups is 1. The highest BCUT2D eigenvalue weighted by Crippen LogP contribution is 2.26. The molecule has 0 aromatic heterocycles. The van der Waals surface area contributed by atoms with Crippen molar-refractivity contribution in [2.75, 3.05) is 25.5 Å². The number of rotatable bonds is 3. The molecule has 1 aliphatic heterocycles. The van der Waals surface area contributed by atoms with Crippen LogP contribution in [0.15, 0.2) is 18.2 Å². The molecule has 20 heavy (non-hydrogen) atoms. The third-order valence-corrected chi connectivity index (χ3v) is 3.40. The minimum absolute atomic E-state index is 0.320. The van der Waals surface area contributed by atoms with Gasteiger partial charge in [-0.15, -0.1) is 0 Å². The van der Waals surface area contributed by atoms with Crippen molar-refractivity contribution in [3.8, 4) is 0 Å². The number of anilines is 1. The minimum Gasteiger partial charge on any atom is -0.385 e. The molecule has 0 radical (unpaired) electrons. The van der Waals surface area contributed by atoms with Crippen molar-refractivity contribution in [3.63, 3.8) is 0 Å². The molecule has 0 bridgehead atoms. The van der Waals surface area contributed by atoms with Gasteiger partial charge in [-0.25, -0.2) is 0 Å². The van der Waals surface area contributed by atoms with Crippen LogP contribution in [0.1, 0.15) is 28.8 Å². The molecule has 6 heteroatoms. The third-order valence-electron chi connectivity index (χ3n) is 3.40. The van der Waals surface area contributed by atoms with E-state index < -0.39 is 12.6 Å². The van der Waals surface area contributed by atoms with Gasteiger partial charge in [-0.3, -0.25) is 4.79 Å². The van der Waals surface area contributed by atoms with E-state index in [0.717, 1.165) is 35.5 Å². The van der Waals surface area contributed by atoms with Gasteiger partial charge in [0.25, 0.3) is 5.91 Å². The molecule has 0 atom stereocenters. The van der Waals surface area contributed by atoms with Gasteiger partial charge in [0.15, 0.2) is 0 Å². The molecule has 110 valence electrons. The second-order valence-electron chi connectivity index (χ2n) is 4.95. The van der Waals surface area contributed by atoms with Gasteiger partial charge in [0.1, 0.15) is 0 Å². The molecule has 0 fully saturated rings. The van der Waals surface area contributed by atoms with Crippen molar-refractivity contribution in [1.29, 1.82) is 0 Å². The van der Waals surface area contributed by atoms with Gasteiger partial charge in [0.05, 0.1) is 6.42 Å². The number of nitrogens with zero attached hydrogens (tertiary/aromatic N) is 1. The van der Waals surface area contributed by atoms with E-state index in [2.05, 4.69) is 5.32 Å². The lowest BCUT2D eigenvalue weighted by Gasteiger charge is -2.24. The molecule has 0 unspecified atom stereocenters. The third kappa shape index (κ3) is 3.43. The number of alkyl halides is 3. The Labute approximate surface area is 115 Å². The van der Waals surface area contributed by atoms with Crippen LogP contribution < -0.4 is 5.32 Å². The number of nitrogens with one attached hydrogen (secondary N) is 1. The fraction of sp³-hybridized carbons (Fsp3) is 0.500. The van der Waals surface area contributed by atoms with Crippen LogP contribution in [0.4, 0.5) is 18.9 Å². The van der Waals surface area contributed by atoms with Crippen molar-refractivity contribution < 1.29 is 18.0 Å². The zero-order valence-corrected chi connectivity index (χ0v) is 11.3. The van der Waals surface area contributed by atoms with Crippen LogP contribution in [0.3, 0.4) is 0 Å². The van der Waals surface area contributed by atoms with Gasteiger partial charge in [-0.2, -0.15) is 13.2 Å². The van der Waals surface area contributed by atoms with Crippen LogP contribution in [-0.4, -0.2) is 37.1 Å². The van der Waals surface area contributed by atoms with Gasteiger partial charge >= 0.3 is 6.18 Å². The van der Waals surface area contributed by atoms with Crippen molar-refractivity contribution in [2.45, 2.75) is 25.4 Å². The van der Waals surface area contributed by atoms with Gasteiger partial charge in [0.2, 0.25) is 0 Å². The lowest BCUT2D eigenvalue weighted by molar-refractivity contribution is -0.136. The smallest absolute Gasteiger partial charge is 0.385 e. The van der Waals surface area contributed by atoms with Crippen molar-refractivity contribution in [2.24, 2.45) is 0 Å². The lowest BCUT2D eigenvalue weighted by Crippen LogP contribution is -2.31. The van der Waals surface area contributed by atoms with Crippen LogP contribution in [0.25, 0.3) is 0 Å². The Morgan fingerprint density at radius 3 is 2.85 bits per heavy atom. The van der Waals surface area contributed by atoms with E-state index in [1.165, 1.54) is 7.05 Å². The molecule has 1 heterocycles. The molecule has 0 saturated carbocycles. The van der Waals surface area contributed by atoms with Gasteiger partial charge < -0.3 is 10.2 Å². The fourth-order valence-electron chi connectivity index (χ4n) is 2.31. The molecule has 1 aromatic rings. The van der Waals surface area contributed by atoms with Gasteiger partial charge in [0, 0.05) is 31.4 Å². The number of carbonyl (C=O) groups excluding carboxylic acids is 1. The standard InChI is InChI=1S/C14H17F3N2O/c1-19(9-7-14(15,16)17)13(20)11-4-2-6-12-10(11)5-3-8-18-12/h2,4,6,18H,3,5,7-9H2,1H3. The number of hydrogen-bond donors (Lipinski definition) is 1. The highest BCUT2D eigenvalue weighted by molar-refractivity contribution is 5.97. The fourth-order valence-corrected chi connectivity index (χ4v) is 2.31. The Morgan fingerprint density at radius 2 is 2.15 bits per heavy atom. The maximum atomic E-state index is 12.3. The maximum Gasteiger partial charge on any atom is 0.390 e. The summed E-state index contributed by atoms with van der Waals surface area (Å²) >= 11 is 0. The Balaban J connectivity index is 2.13. The summed E-state index contributed by atoms with van der Waals surface area (Å²) in [7, 11) is 1.41. The SMILES string of the molecule is CN(CCC(F)(F)F)C(=O)c1cccc2c1CCCN2. The van der Waals surface area contributed by atoms with E-state index in [-0.39, 0.29) is 12.5 Å². The quantitative estimate of drug-likeness (QED) is 0.926. The van der Waals surface area contributed by atoms with Crippen LogP contribution in [0.2, 0.25) is 0 Å². The van der Waals surface area contributed by atoms with Gasteiger partial charge in [-0.1, -0.05) is 6.07 Å². The number of amides is 1. The zero-order valence-electron chi connectivity index (χ0n) is 11.3. The van der Waals surface area contributed by atoms with Crippen LogP contribution in [0.5, 0.6) is 0 Å². The number of hydrogen-bond acceptors (Lipinski definition) is 2. The van der Waals surface area contributed by atoms with Crippen LogP contribution in [-0.2, 0) is 6.42 Å². The van der Waals surface area contributed by atoms with Crippen molar-refractivity contribution in [3.05, 3.63) is 29.3 Å². The summed E-state index contributed by atoms with van der Waals surface area (Å²) in [6, 6.07) is 5.32. The van der Waals surface area contributed by atoms with E-state index in [9.17, 15) is 18.0 Å². The van der Waals surface area contributed by atoms with Gasteiger partial charge in [-0.05, 0) is 30.5 Å². The normalized spacial score (nSPS) is 14.4. The van der Waals surface area contributed by atoms with E-state index in [4.69, 9.17) is 0 Å². The summed E-state index contributed by atoms with van der Waals surface area (Å²) in [5.74, 6) is -0.352. The Morgan fingerprint density at radius 1 is 1.40 bits per heavy atom. The second-order valence-corrected chi connectivity index (χ2v) is 4.95. The molecule has 1 aromatic carbocycles. The van der Waals surface area contributed by atoms with E-state index in [0.29, 0.717) is 5.56 Å². The highest BCUT2D eigenvalue weighted by atomic mass is 19.4. The monoisotopic (exact) mass is 286 g/mol.